The summed E-state index contributed by atoms with van der Waals surface area (Å²) < 4.78 is 16.1. The predicted molar refractivity (Wildman–Crippen MR) is 119 cm³/mol. The van der Waals surface area contributed by atoms with Crippen LogP contribution in [-0.2, 0) is 4.79 Å². The van der Waals surface area contributed by atoms with Crippen molar-refractivity contribution in [3.05, 3.63) is 66.1 Å². The van der Waals surface area contributed by atoms with Crippen LogP contribution in [0.15, 0.2) is 59.1 Å². The van der Waals surface area contributed by atoms with Crippen LogP contribution < -0.4 is 14.8 Å². The van der Waals surface area contributed by atoms with Crippen LogP contribution in [0.5, 0.6) is 11.5 Å². The number of nitrogens with one attached hydrogen (secondary N) is 1. The summed E-state index contributed by atoms with van der Waals surface area (Å²) in [4.78, 5) is 17.1. The Bertz CT molecular complexity index is 1030. The summed E-state index contributed by atoms with van der Waals surface area (Å²) in [5, 5.41) is 7.10. The van der Waals surface area contributed by atoms with Crippen LogP contribution in [0.3, 0.4) is 0 Å². The number of carbonyl (C=O) groups is 1. The van der Waals surface area contributed by atoms with Crippen LogP contribution in [0.25, 0.3) is 17.5 Å². The number of hydrogen-bond donors (Lipinski definition) is 1. The van der Waals surface area contributed by atoms with E-state index in [9.17, 15) is 4.79 Å². The van der Waals surface area contributed by atoms with E-state index >= 15 is 0 Å². The minimum atomic E-state index is -0.403. The average molecular weight is 421 g/mol. The molecule has 0 saturated heterocycles. The minimum absolute atomic E-state index is 0.104. The van der Waals surface area contributed by atoms with Crippen molar-refractivity contribution in [1.82, 2.24) is 15.5 Å². The molecule has 3 rings (SSSR count). The molecule has 2 aromatic carbocycles. The number of ether oxygens (including phenoxy) is 2. The molecule has 2 unspecified atom stereocenters. The fourth-order valence-corrected chi connectivity index (χ4v) is 3.07. The Morgan fingerprint density at radius 1 is 1.13 bits per heavy atom. The molecule has 0 bridgehead atoms. The normalized spacial score (nSPS) is 13.0. The van der Waals surface area contributed by atoms with Gasteiger partial charge < -0.3 is 19.3 Å². The Balaban J connectivity index is 1.80. The Morgan fingerprint density at radius 2 is 1.87 bits per heavy atom. The second-order valence-electron chi connectivity index (χ2n) is 7.14. The van der Waals surface area contributed by atoms with E-state index in [0.29, 0.717) is 23.2 Å². The summed E-state index contributed by atoms with van der Waals surface area (Å²) in [7, 11) is 3.15. The Hall–Kier alpha value is -3.61. The Morgan fingerprint density at radius 3 is 2.55 bits per heavy atom. The lowest BCUT2D eigenvalue weighted by molar-refractivity contribution is -0.117. The van der Waals surface area contributed by atoms with Crippen LogP contribution in [0.4, 0.5) is 0 Å². The standard InChI is InChI=1S/C24H27N3O4/c1-5-16(2)22(25-21(28)14-11-17-9-7-6-8-10-17)24-26-23(27-31-24)18-12-13-19(29-3)20(15-18)30-4/h6-16,22H,5H2,1-4H3,(H,25,28)/b14-11+. The highest BCUT2D eigenvalue weighted by Gasteiger charge is 2.26. The third kappa shape index (κ3) is 5.51. The highest BCUT2D eigenvalue weighted by atomic mass is 16.5. The molecule has 0 spiro atoms. The van der Waals surface area contributed by atoms with Gasteiger partial charge in [-0.05, 0) is 35.8 Å². The largest absolute Gasteiger partial charge is 0.493 e. The molecule has 1 amide bonds. The van der Waals surface area contributed by atoms with Crippen molar-refractivity contribution in [2.75, 3.05) is 14.2 Å². The Labute approximate surface area is 182 Å². The van der Waals surface area contributed by atoms with Gasteiger partial charge >= 0.3 is 0 Å². The topological polar surface area (TPSA) is 86.5 Å². The molecule has 0 saturated carbocycles. The van der Waals surface area contributed by atoms with E-state index in [1.54, 1.807) is 32.4 Å². The van der Waals surface area contributed by atoms with Gasteiger partial charge in [-0.15, -0.1) is 0 Å². The van der Waals surface area contributed by atoms with Crippen LogP contribution in [-0.4, -0.2) is 30.3 Å². The molecule has 1 aromatic heterocycles. The summed E-state index contributed by atoms with van der Waals surface area (Å²) in [5.41, 5.74) is 1.68. The van der Waals surface area contributed by atoms with Crippen molar-refractivity contribution in [2.45, 2.75) is 26.3 Å². The molecule has 162 valence electrons. The van der Waals surface area contributed by atoms with E-state index in [0.717, 1.165) is 17.5 Å². The van der Waals surface area contributed by atoms with Gasteiger partial charge in [0.25, 0.3) is 0 Å². The molecular weight excluding hydrogens is 394 g/mol. The monoisotopic (exact) mass is 421 g/mol. The summed E-state index contributed by atoms with van der Waals surface area (Å²) >= 11 is 0. The zero-order valence-corrected chi connectivity index (χ0v) is 18.2. The molecule has 0 aliphatic heterocycles. The molecule has 3 aromatic rings. The minimum Gasteiger partial charge on any atom is -0.493 e. The average Bonchev–Trinajstić information content (AvgIpc) is 3.30. The van der Waals surface area contributed by atoms with Gasteiger partial charge in [-0.3, -0.25) is 4.79 Å². The van der Waals surface area contributed by atoms with Crippen molar-refractivity contribution in [2.24, 2.45) is 5.92 Å². The van der Waals surface area contributed by atoms with Gasteiger partial charge in [-0.1, -0.05) is 55.8 Å². The zero-order valence-electron chi connectivity index (χ0n) is 18.2. The fraction of sp³-hybridized carbons (Fsp3) is 0.292. The highest BCUT2D eigenvalue weighted by molar-refractivity contribution is 5.91. The van der Waals surface area contributed by atoms with Gasteiger partial charge in [0.1, 0.15) is 6.04 Å². The van der Waals surface area contributed by atoms with Crippen molar-refractivity contribution in [1.29, 1.82) is 0 Å². The molecule has 0 aliphatic carbocycles. The second kappa shape index (κ2) is 10.4. The van der Waals surface area contributed by atoms with E-state index in [-0.39, 0.29) is 11.8 Å². The number of carbonyl (C=O) groups excluding carboxylic acids is 1. The van der Waals surface area contributed by atoms with Gasteiger partial charge in [0.05, 0.1) is 14.2 Å². The molecule has 31 heavy (non-hydrogen) atoms. The SMILES string of the molecule is CCC(C)C(NC(=O)/C=C/c1ccccc1)c1nc(-c2ccc(OC)c(OC)c2)no1. The van der Waals surface area contributed by atoms with Crippen molar-refractivity contribution in [3.63, 3.8) is 0 Å². The summed E-state index contributed by atoms with van der Waals surface area (Å²) in [6.07, 6.45) is 4.11. The lowest BCUT2D eigenvalue weighted by Crippen LogP contribution is -2.31. The van der Waals surface area contributed by atoms with Crippen molar-refractivity contribution >= 4 is 12.0 Å². The van der Waals surface area contributed by atoms with Gasteiger partial charge in [-0.2, -0.15) is 4.98 Å². The number of hydrogen-bond acceptors (Lipinski definition) is 6. The summed E-state index contributed by atoms with van der Waals surface area (Å²) in [6, 6.07) is 14.6. The van der Waals surface area contributed by atoms with Gasteiger partial charge in [0.15, 0.2) is 11.5 Å². The summed E-state index contributed by atoms with van der Waals surface area (Å²) in [6.45, 7) is 4.08. The third-order valence-electron chi connectivity index (χ3n) is 5.09. The van der Waals surface area contributed by atoms with E-state index in [1.807, 2.05) is 43.3 Å². The molecule has 1 heterocycles. The quantitative estimate of drug-likeness (QED) is 0.505. The molecular formula is C24H27N3O4. The number of rotatable bonds is 9. The van der Waals surface area contributed by atoms with Gasteiger partial charge in [0, 0.05) is 11.6 Å². The van der Waals surface area contributed by atoms with E-state index in [2.05, 4.69) is 22.4 Å². The molecule has 0 fully saturated rings. The molecule has 0 aliphatic rings. The van der Waals surface area contributed by atoms with Gasteiger partial charge in [-0.25, -0.2) is 0 Å². The van der Waals surface area contributed by atoms with E-state index in [1.165, 1.54) is 6.08 Å². The number of benzene rings is 2. The lowest BCUT2D eigenvalue weighted by atomic mass is 9.99. The fourth-order valence-electron chi connectivity index (χ4n) is 3.07. The zero-order chi connectivity index (χ0) is 22.2. The first kappa shape index (κ1) is 22.1. The van der Waals surface area contributed by atoms with Gasteiger partial charge in [0.2, 0.25) is 17.6 Å². The lowest BCUT2D eigenvalue weighted by Gasteiger charge is -2.19. The summed E-state index contributed by atoms with van der Waals surface area (Å²) in [5.74, 6) is 1.85. The van der Waals surface area contributed by atoms with E-state index in [4.69, 9.17) is 14.0 Å². The second-order valence-corrected chi connectivity index (χ2v) is 7.14. The Kier molecular flexibility index (Phi) is 7.43. The number of aromatic nitrogens is 2. The molecule has 0 radical (unpaired) electrons. The van der Waals surface area contributed by atoms with Crippen LogP contribution in [0.2, 0.25) is 0 Å². The highest BCUT2D eigenvalue weighted by Crippen LogP contribution is 2.32. The van der Waals surface area contributed by atoms with Crippen LogP contribution in [0.1, 0.15) is 37.8 Å². The molecule has 1 N–H and O–H groups in total. The van der Waals surface area contributed by atoms with Crippen molar-refractivity contribution < 1.29 is 18.8 Å². The predicted octanol–water partition coefficient (Wildman–Crippen LogP) is 4.67. The first-order valence-corrected chi connectivity index (χ1v) is 10.1. The maximum Gasteiger partial charge on any atom is 0.249 e. The maximum atomic E-state index is 12.5. The smallest absolute Gasteiger partial charge is 0.249 e. The molecule has 7 heteroatoms. The van der Waals surface area contributed by atoms with Crippen molar-refractivity contribution in [3.8, 4) is 22.9 Å². The number of nitrogens with zero attached hydrogens (tertiary/aromatic N) is 2. The van der Waals surface area contributed by atoms with Crippen LogP contribution in [0, 0.1) is 5.92 Å². The third-order valence-corrected chi connectivity index (χ3v) is 5.09. The molecule has 2 atom stereocenters. The number of amides is 1. The van der Waals surface area contributed by atoms with Crippen LogP contribution >= 0.6 is 0 Å². The first-order valence-electron chi connectivity index (χ1n) is 10.1. The molecule has 7 nitrogen and oxygen atoms in total. The number of methoxy groups -OCH3 is 2. The first-order chi connectivity index (χ1) is 15.0. The maximum absolute atomic E-state index is 12.5. The van der Waals surface area contributed by atoms with E-state index < -0.39 is 6.04 Å².